The van der Waals surface area contributed by atoms with E-state index in [-0.39, 0.29) is 17.7 Å². The van der Waals surface area contributed by atoms with Crippen molar-refractivity contribution in [1.82, 2.24) is 9.88 Å². The van der Waals surface area contributed by atoms with E-state index in [4.69, 9.17) is 27.9 Å². The van der Waals surface area contributed by atoms with Gasteiger partial charge in [0.25, 0.3) is 5.91 Å². The van der Waals surface area contributed by atoms with E-state index in [1.54, 1.807) is 36.2 Å². The molecule has 3 rings (SSSR count). The lowest BCUT2D eigenvalue weighted by atomic mass is 9.95. The van der Waals surface area contributed by atoms with E-state index in [9.17, 15) is 9.59 Å². The van der Waals surface area contributed by atoms with Gasteiger partial charge in [0.2, 0.25) is 5.91 Å². The molecule has 1 aromatic carbocycles. The van der Waals surface area contributed by atoms with Crippen LogP contribution >= 0.6 is 23.2 Å². The Hall–Kier alpha value is -2.31. The van der Waals surface area contributed by atoms with Crippen molar-refractivity contribution in [3.63, 3.8) is 0 Å². The van der Waals surface area contributed by atoms with Crippen molar-refractivity contribution in [2.75, 3.05) is 18.4 Å². The van der Waals surface area contributed by atoms with Crippen molar-refractivity contribution < 1.29 is 14.3 Å². The summed E-state index contributed by atoms with van der Waals surface area (Å²) in [6.07, 6.45) is 2.17. The van der Waals surface area contributed by atoms with E-state index in [1.165, 1.54) is 0 Å². The van der Waals surface area contributed by atoms with Gasteiger partial charge in [-0.05, 0) is 62.6 Å². The van der Waals surface area contributed by atoms with Crippen LogP contribution in [-0.4, -0.2) is 40.9 Å². The summed E-state index contributed by atoms with van der Waals surface area (Å²) in [5.74, 6) is 0.623. The largest absolute Gasteiger partial charge is 0.479 e. The number of piperidine rings is 1. The van der Waals surface area contributed by atoms with Crippen molar-refractivity contribution in [3.8, 4) is 5.75 Å². The number of nitrogens with one attached hydrogen (secondary N) is 1. The van der Waals surface area contributed by atoms with Crippen LogP contribution in [0.25, 0.3) is 0 Å². The van der Waals surface area contributed by atoms with Gasteiger partial charge in [-0.3, -0.25) is 9.59 Å². The van der Waals surface area contributed by atoms with Gasteiger partial charge >= 0.3 is 0 Å². The molecule has 0 saturated carbocycles. The molecule has 0 radical (unpaired) electrons. The number of carbonyl (C=O) groups excluding carboxylic acids is 2. The fraction of sp³-hybridized carbons (Fsp3) is 0.381. The third-order valence-corrected chi connectivity index (χ3v) is 5.42. The lowest BCUT2D eigenvalue weighted by Crippen LogP contribution is -2.46. The SMILES string of the molecule is Cc1ccnc(NC(=O)C2CCN(C(=O)C(C)Oc3ccc(Cl)cc3Cl)CC2)c1. The Labute approximate surface area is 180 Å². The number of benzene rings is 1. The monoisotopic (exact) mass is 435 g/mol. The molecule has 2 aromatic rings. The Morgan fingerprint density at radius 1 is 1.21 bits per heavy atom. The highest BCUT2D eigenvalue weighted by Gasteiger charge is 2.30. The first-order valence-corrected chi connectivity index (χ1v) is 10.2. The molecule has 154 valence electrons. The molecule has 1 atom stereocenters. The summed E-state index contributed by atoms with van der Waals surface area (Å²) in [7, 11) is 0. The second-order valence-corrected chi connectivity index (χ2v) is 7.99. The average Bonchev–Trinajstić information content (AvgIpc) is 2.69. The van der Waals surface area contributed by atoms with Gasteiger partial charge in [-0.1, -0.05) is 23.2 Å². The lowest BCUT2D eigenvalue weighted by molar-refractivity contribution is -0.140. The van der Waals surface area contributed by atoms with Gasteiger partial charge in [0.05, 0.1) is 5.02 Å². The van der Waals surface area contributed by atoms with Crippen LogP contribution in [0.4, 0.5) is 5.82 Å². The number of hydrogen-bond acceptors (Lipinski definition) is 4. The van der Waals surface area contributed by atoms with Crippen molar-refractivity contribution in [2.24, 2.45) is 5.92 Å². The summed E-state index contributed by atoms with van der Waals surface area (Å²) in [5, 5.41) is 3.72. The number of halogens is 2. The number of likely N-dealkylation sites (tertiary alicyclic amines) is 1. The van der Waals surface area contributed by atoms with E-state index in [1.807, 2.05) is 19.1 Å². The van der Waals surface area contributed by atoms with Crippen LogP contribution in [0.15, 0.2) is 36.5 Å². The standard InChI is InChI=1S/C21H23Cl2N3O3/c1-13-5-8-24-19(11-13)25-20(27)15-6-9-26(10-7-15)21(28)14(2)29-18-4-3-16(22)12-17(18)23/h3-5,8,11-12,14-15H,6-7,9-10H2,1-2H3,(H,24,25,27). The Morgan fingerprint density at radius 2 is 1.93 bits per heavy atom. The zero-order chi connectivity index (χ0) is 21.0. The van der Waals surface area contributed by atoms with Crippen LogP contribution in [0.1, 0.15) is 25.3 Å². The second-order valence-electron chi connectivity index (χ2n) is 7.14. The predicted molar refractivity (Wildman–Crippen MR) is 113 cm³/mol. The summed E-state index contributed by atoms with van der Waals surface area (Å²) in [6.45, 7) is 4.64. The second kappa shape index (κ2) is 9.46. The molecule has 1 unspecified atom stereocenters. The molecule has 2 amide bonds. The first-order valence-electron chi connectivity index (χ1n) is 9.47. The highest BCUT2D eigenvalue weighted by atomic mass is 35.5. The maximum Gasteiger partial charge on any atom is 0.263 e. The van der Waals surface area contributed by atoms with Crippen molar-refractivity contribution in [3.05, 3.63) is 52.1 Å². The molecule has 1 fully saturated rings. The summed E-state index contributed by atoms with van der Waals surface area (Å²) in [5.41, 5.74) is 1.03. The van der Waals surface area contributed by atoms with E-state index >= 15 is 0 Å². The molecule has 1 N–H and O–H groups in total. The van der Waals surface area contributed by atoms with Crippen LogP contribution in [0.3, 0.4) is 0 Å². The van der Waals surface area contributed by atoms with Gasteiger partial charge in [-0.15, -0.1) is 0 Å². The maximum atomic E-state index is 12.7. The van der Waals surface area contributed by atoms with Gasteiger partial charge in [-0.2, -0.15) is 0 Å². The fourth-order valence-corrected chi connectivity index (χ4v) is 3.72. The predicted octanol–water partition coefficient (Wildman–Crippen LogP) is 4.34. The van der Waals surface area contributed by atoms with Crippen molar-refractivity contribution >= 4 is 40.8 Å². The summed E-state index contributed by atoms with van der Waals surface area (Å²) in [4.78, 5) is 31.1. The van der Waals surface area contributed by atoms with E-state index < -0.39 is 6.10 Å². The Balaban J connectivity index is 1.51. The van der Waals surface area contributed by atoms with Gasteiger partial charge in [-0.25, -0.2) is 4.98 Å². The molecule has 1 saturated heterocycles. The van der Waals surface area contributed by atoms with Crippen LogP contribution in [0.5, 0.6) is 5.75 Å². The van der Waals surface area contributed by atoms with Crippen molar-refractivity contribution in [2.45, 2.75) is 32.8 Å². The molecule has 1 aromatic heterocycles. The van der Waals surface area contributed by atoms with Crippen LogP contribution in [-0.2, 0) is 9.59 Å². The zero-order valence-corrected chi connectivity index (χ0v) is 17.8. The van der Waals surface area contributed by atoms with Gasteiger partial charge in [0, 0.05) is 30.2 Å². The first kappa shape index (κ1) is 21.4. The molecular weight excluding hydrogens is 413 g/mol. The number of hydrogen-bond donors (Lipinski definition) is 1. The molecular formula is C21H23Cl2N3O3. The number of ether oxygens (including phenoxy) is 1. The average molecular weight is 436 g/mol. The number of pyridine rings is 1. The number of anilines is 1. The van der Waals surface area contributed by atoms with Crippen LogP contribution in [0, 0.1) is 12.8 Å². The first-order chi connectivity index (χ1) is 13.8. The molecule has 1 aliphatic rings. The fourth-order valence-electron chi connectivity index (χ4n) is 3.26. The minimum atomic E-state index is -0.685. The molecule has 0 aliphatic carbocycles. The van der Waals surface area contributed by atoms with E-state index in [0.29, 0.717) is 47.5 Å². The molecule has 0 spiro atoms. The molecule has 29 heavy (non-hydrogen) atoms. The number of aromatic nitrogens is 1. The number of rotatable bonds is 5. The normalized spacial score (nSPS) is 15.7. The van der Waals surface area contributed by atoms with E-state index in [2.05, 4.69) is 10.3 Å². The quantitative estimate of drug-likeness (QED) is 0.757. The third kappa shape index (κ3) is 5.61. The molecule has 6 nitrogen and oxygen atoms in total. The molecule has 2 heterocycles. The minimum Gasteiger partial charge on any atom is -0.479 e. The summed E-state index contributed by atoms with van der Waals surface area (Å²) < 4.78 is 5.71. The maximum absolute atomic E-state index is 12.7. The van der Waals surface area contributed by atoms with E-state index in [0.717, 1.165) is 5.56 Å². The summed E-state index contributed by atoms with van der Waals surface area (Å²) >= 11 is 12.0. The molecule has 0 bridgehead atoms. The van der Waals surface area contributed by atoms with Crippen molar-refractivity contribution in [1.29, 1.82) is 0 Å². The van der Waals surface area contributed by atoms with Crippen LogP contribution in [0.2, 0.25) is 10.0 Å². The topological polar surface area (TPSA) is 71.5 Å². The number of nitrogens with zero attached hydrogens (tertiary/aromatic N) is 2. The Morgan fingerprint density at radius 3 is 2.59 bits per heavy atom. The molecule has 8 heteroatoms. The lowest BCUT2D eigenvalue weighted by Gasteiger charge is -2.33. The Bertz CT molecular complexity index is 898. The highest BCUT2D eigenvalue weighted by molar-refractivity contribution is 6.35. The zero-order valence-electron chi connectivity index (χ0n) is 16.3. The smallest absolute Gasteiger partial charge is 0.263 e. The van der Waals surface area contributed by atoms with Gasteiger partial charge < -0.3 is 15.0 Å². The summed E-state index contributed by atoms with van der Waals surface area (Å²) in [6, 6.07) is 8.58. The number of aryl methyl sites for hydroxylation is 1. The number of carbonyl (C=O) groups is 2. The van der Waals surface area contributed by atoms with Gasteiger partial charge in [0.1, 0.15) is 11.6 Å². The third-order valence-electron chi connectivity index (χ3n) is 4.89. The van der Waals surface area contributed by atoms with Crippen LogP contribution < -0.4 is 10.1 Å². The van der Waals surface area contributed by atoms with Gasteiger partial charge in [0.15, 0.2) is 6.10 Å². The minimum absolute atomic E-state index is 0.0626. The highest BCUT2D eigenvalue weighted by Crippen LogP contribution is 2.29. The number of amides is 2. The Kier molecular flexibility index (Phi) is 6.98. The molecule has 1 aliphatic heterocycles.